The smallest absolute Gasteiger partial charge is 0.222 e. The number of hydrogen-bond donors (Lipinski definition) is 2. The monoisotopic (exact) mass is 358 g/mol. The van der Waals surface area contributed by atoms with Crippen LogP contribution >= 0.6 is 11.8 Å². The summed E-state index contributed by atoms with van der Waals surface area (Å²) < 4.78 is 25.2. The first-order valence-electron chi connectivity index (χ1n) is 7.79. The van der Waals surface area contributed by atoms with E-state index in [0.717, 1.165) is 24.3 Å². The number of rotatable bonds is 4. The van der Waals surface area contributed by atoms with Crippen molar-refractivity contribution in [2.24, 2.45) is 0 Å². The Labute approximate surface area is 140 Å². The molecule has 6 nitrogen and oxygen atoms in total. The SMILES string of the molecule is O=C(CC1(n2cccc2)CCSCC1)NC1CS(=O)(=O)CC1O. The van der Waals surface area contributed by atoms with Crippen molar-refractivity contribution < 1.29 is 18.3 Å². The van der Waals surface area contributed by atoms with Crippen molar-refractivity contribution in [3.8, 4) is 0 Å². The van der Waals surface area contributed by atoms with Crippen molar-refractivity contribution in [1.82, 2.24) is 9.88 Å². The fraction of sp³-hybridized carbons (Fsp3) is 0.667. The molecular formula is C15H22N2O4S2. The number of aromatic nitrogens is 1. The van der Waals surface area contributed by atoms with E-state index in [9.17, 15) is 18.3 Å². The summed E-state index contributed by atoms with van der Waals surface area (Å²) in [4.78, 5) is 12.5. The molecule has 2 unspecified atom stereocenters. The molecule has 0 bridgehead atoms. The second kappa shape index (κ2) is 6.49. The third-order valence-electron chi connectivity index (χ3n) is 4.73. The number of amides is 1. The quantitative estimate of drug-likeness (QED) is 0.812. The molecule has 0 spiro atoms. The van der Waals surface area contributed by atoms with Crippen LogP contribution in [0.25, 0.3) is 0 Å². The van der Waals surface area contributed by atoms with Gasteiger partial charge in [-0.2, -0.15) is 11.8 Å². The summed E-state index contributed by atoms with van der Waals surface area (Å²) in [6.45, 7) is 0. The van der Waals surface area contributed by atoms with Gasteiger partial charge in [0.25, 0.3) is 0 Å². The molecule has 3 heterocycles. The van der Waals surface area contributed by atoms with Crippen LogP contribution in [-0.4, -0.2) is 59.2 Å². The number of hydrogen-bond acceptors (Lipinski definition) is 5. The number of aliphatic hydroxyl groups is 1. The van der Waals surface area contributed by atoms with Gasteiger partial charge in [0.15, 0.2) is 9.84 Å². The molecule has 3 rings (SSSR count). The van der Waals surface area contributed by atoms with Gasteiger partial charge in [0, 0.05) is 12.4 Å². The Hall–Kier alpha value is -0.990. The molecule has 23 heavy (non-hydrogen) atoms. The fourth-order valence-corrected chi connectivity index (χ4v) is 6.45. The lowest BCUT2D eigenvalue weighted by molar-refractivity contribution is -0.124. The van der Waals surface area contributed by atoms with E-state index >= 15 is 0 Å². The first kappa shape index (κ1) is 16.9. The van der Waals surface area contributed by atoms with Gasteiger partial charge in [0.1, 0.15) is 0 Å². The maximum atomic E-state index is 12.5. The fourth-order valence-electron chi connectivity index (χ4n) is 3.45. The third kappa shape index (κ3) is 3.75. The van der Waals surface area contributed by atoms with Crippen molar-refractivity contribution in [2.75, 3.05) is 23.0 Å². The Morgan fingerprint density at radius 1 is 1.26 bits per heavy atom. The van der Waals surface area contributed by atoms with Gasteiger partial charge < -0.3 is 15.0 Å². The van der Waals surface area contributed by atoms with E-state index in [1.165, 1.54) is 0 Å². The zero-order valence-corrected chi connectivity index (χ0v) is 14.5. The Morgan fingerprint density at radius 3 is 2.48 bits per heavy atom. The van der Waals surface area contributed by atoms with E-state index < -0.39 is 22.0 Å². The van der Waals surface area contributed by atoms with Crippen LogP contribution < -0.4 is 5.32 Å². The van der Waals surface area contributed by atoms with Crippen molar-refractivity contribution in [3.63, 3.8) is 0 Å². The molecule has 1 aromatic heterocycles. The second-order valence-corrected chi connectivity index (χ2v) is 9.80. The molecule has 2 aliphatic heterocycles. The third-order valence-corrected chi connectivity index (χ3v) is 7.44. The molecule has 2 atom stereocenters. The molecule has 1 amide bonds. The summed E-state index contributed by atoms with van der Waals surface area (Å²) in [6, 6.07) is 3.22. The number of nitrogens with zero attached hydrogens (tertiary/aromatic N) is 1. The summed E-state index contributed by atoms with van der Waals surface area (Å²) >= 11 is 1.89. The molecule has 1 aromatic rings. The summed E-state index contributed by atoms with van der Waals surface area (Å²) in [5.41, 5.74) is -0.249. The van der Waals surface area contributed by atoms with Crippen LogP contribution in [-0.2, 0) is 20.2 Å². The van der Waals surface area contributed by atoms with E-state index in [-0.39, 0.29) is 23.0 Å². The number of nitrogens with one attached hydrogen (secondary N) is 1. The number of thioether (sulfide) groups is 1. The largest absolute Gasteiger partial charge is 0.390 e. The predicted octanol–water partition coefficient (Wildman–Crippen LogP) is 0.375. The molecular weight excluding hydrogens is 336 g/mol. The highest BCUT2D eigenvalue weighted by atomic mass is 32.2. The van der Waals surface area contributed by atoms with E-state index in [0.29, 0.717) is 6.42 Å². The Kier molecular flexibility index (Phi) is 4.75. The van der Waals surface area contributed by atoms with Crippen molar-refractivity contribution in [2.45, 2.75) is 36.9 Å². The van der Waals surface area contributed by atoms with E-state index in [2.05, 4.69) is 9.88 Å². The molecule has 8 heteroatoms. The number of sulfone groups is 1. The lowest BCUT2D eigenvalue weighted by Crippen LogP contribution is -2.47. The molecule has 2 fully saturated rings. The minimum Gasteiger partial charge on any atom is -0.390 e. The van der Waals surface area contributed by atoms with Crippen LogP contribution in [0.4, 0.5) is 0 Å². The highest BCUT2D eigenvalue weighted by Gasteiger charge is 2.40. The van der Waals surface area contributed by atoms with Gasteiger partial charge in [-0.15, -0.1) is 0 Å². The lowest BCUT2D eigenvalue weighted by atomic mass is 9.87. The molecule has 0 radical (unpaired) electrons. The summed E-state index contributed by atoms with van der Waals surface area (Å²) in [5.74, 6) is 1.38. The Morgan fingerprint density at radius 2 is 1.91 bits per heavy atom. The summed E-state index contributed by atoms with van der Waals surface area (Å²) in [6.07, 6.45) is 5.09. The molecule has 128 valence electrons. The van der Waals surface area contributed by atoms with E-state index in [1.807, 2.05) is 36.3 Å². The van der Waals surface area contributed by atoms with Crippen LogP contribution in [0.15, 0.2) is 24.5 Å². The topological polar surface area (TPSA) is 88.4 Å². The zero-order valence-electron chi connectivity index (χ0n) is 12.8. The number of carbonyl (C=O) groups is 1. The minimum atomic E-state index is -3.26. The van der Waals surface area contributed by atoms with Crippen LogP contribution in [0, 0.1) is 0 Å². The number of carbonyl (C=O) groups excluding carboxylic acids is 1. The second-order valence-electron chi connectivity index (χ2n) is 6.42. The van der Waals surface area contributed by atoms with Gasteiger partial charge in [0.05, 0.1) is 35.6 Å². The zero-order chi connectivity index (χ0) is 16.5. The summed E-state index contributed by atoms with van der Waals surface area (Å²) in [7, 11) is -3.26. The maximum absolute atomic E-state index is 12.5. The lowest BCUT2D eigenvalue weighted by Gasteiger charge is -2.38. The van der Waals surface area contributed by atoms with Gasteiger partial charge in [-0.3, -0.25) is 4.79 Å². The first-order valence-corrected chi connectivity index (χ1v) is 10.8. The Balaban J connectivity index is 1.70. The van der Waals surface area contributed by atoms with Crippen LogP contribution in [0.2, 0.25) is 0 Å². The van der Waals surface area contributed by atoms with Crippen LogP contribution in [0.1, 0.15) is 19.3 Å². The van der Waals surface area contributed by atoms with Crippen LogP contribution in [0.5, 0.6) is 0 Å². The van der Waals surface area contributed by atoms with Gasteiger partial charge in [-0.1, -0.05) is 0 Å². The van der Waals surface area contributed by atoms with Gasteiger partial charge in [-0.25, -0.2) is 8.42 Å². The van der Waals surface area contributed by atoms with Crippen LogP contribution in [0.3, 0.4) is 0 Å². The van der Waals surface area contributed by atoms with E-state index in [4.69, 9.17) is 0 Å². The first-order chi connectivity index (χ1) is 10.9. The maximum Gasteiger partial charge on any atom is 0.222 e. The van der Waals surface area contributed by atoms with Crippen molar-refractivity contribution in [3.05, 3.63) is 24.5 Å². The highest BCUT2D eigenvalue weighted by molar-refractivity contribution is 7.99. The summed E-state index contributed by atoms with van der Waals surface area (Å²) in [5, 5.41) is 12.6. The molecule has 2 saturated heterocycles. The average molecular weight is 358 g/mol. The highest BCUT2D eigenvalue weighted by Crippen LogP contribution is 2.36. The molecule has 0 saturated carbocycles. The standard InChI is InChI=1S/C15H22N2O4S2/c18-13-11-23(20,21)10-12(13)16-14(19)9-15(3-7-22-8-4-15)17-5-1-2-6-17/h1-2,5-6,12-13,18H,3-4,7-11H2,(H,16,19). The van der Waals surface area contributed by atoms with Gasteiger partial charge >= 0.3 is 0 Å². The van der Waals surface area contributed by atoms with Gasteiger partial charge in [-0.05, 0) is 36.5 Å². The molecule has 2 N–H and O–H groups in total. The molecule has 0 aromatic carbocycles. The Bertz CT molecular complexity index is 651. The number of aliphatic hydroxyl groups excluding tert-OH is 1. The minimum absolute atomic E-state index is 0.174. The van der Waals surface area contributed by atoms with Crippen molar-refractivity contribution >= 4 is 27.5 Å². The van der Waals surface area contributed by atoms with E-state index in [1.54, 1.807) is 0 Å². The molecule has 0 aliphatic carbocycles. The normalized spacial score (nSPS) is 29.3. The van der Waals surface area contributed by atoms with Gasteiger partial charge in [0.2, 0.25) is 5.91 Å². The van der Waals surface area contributed by atoms with Crippen molar-refractivity contribution in [1.29, 1.82) is 0 Å². The predicted molar refractivity (Wildman–Crippen MR) is 90.2 cm³/mol. The average Bonchev–Trinajstić information content (AvgIpc) is 3.08. The molecule has 2 aliphatic rings.